The van der Waals surface area contributed by atoms with Crippen LogP contribution < -0.4 is 0 Å². The number of hydrogen-bond acceptors (Lipinski definition) is 3. The van der Waals surface area contributed by atoms with E-state index in [4.69, 9.17) is 29.0 Å². The van der Waals surface area contributed by atoms with Crippen molar-refractivity contribution in [2.24, 2.45) is 0 Å². The van der Waals surface area contributed by atoms with Crippen molar-refractivity contribution in [2.75, 3.05) is 6.61 Å². The van der Waals surface area contributed by atoms with Gasteiger partial charge in [-0.15, -0.1) is 0 Å². The van der Waals surface area contributed by atoms with Crippen LogP contribution in [0.4, 0.5) is 13.2 Å². The van der Waals surface area contributed by atoms with Crippen molar-refractivity contribution in [3.63, 3.8) is 0 Å². The first-order valence-corrected chi connectivity index (χ1v) is 5.85. The lowest BCUT2D eigenvalue weighted by molar-refractivity contribution is -0.156. The number of halogens is 3. The van der Waals surface area contributed by atoms with Crippen molar-refractivity contribution in [1.82, 2.24) is 0 Å². The van der Waals surface area contributed by atoms with Crippen LogP contribution in [0.1, 0.15) is 0 Å². The van der Waals surface area contributed by atoms with Gasteiger partial charge in [0.15, 0.2) is 6.61 Å². The SMILES string of the molecule is O=P(O)(O)O.O=P(O)(O)OCC(F)(F)F. The topological polar surface area (TPSA) is 145 Å². The molecule has 0 saturated heterocycles. The van der Waals surface area contributed by atoms with E-state index in [0.717, 1.165) is 0 Å². The van der Waals surface area contributed by atoms with Gasteiger partial charge in [0.25, 0.3) is 0 Å². The van der Waals surface area contributed by atoms with Gasteiger partial charge < -0.3 is 24.5 Å². The summed E-state index contributed by atoms with van der Waals surface area (Å²) in [6, 6.07) is 0. The second kappa shape index (κ2) is 5.92. The molecular weight excluding hydrogens is 271 g/mol. The Balaban J connectivity index is 0. The van der Waals surface area contributed by atoms with Crippen LogP contribution in [0.5, 0.6) is 0 Å². The summed E-state index contributed by atoms with van der Waals surface area (Å²) in [7, 11) is -9.62. The summed E-state index contributed by atoms with van der Waals surface area (Å²) in [4.78, 5) is 37.1. The summed E-state index contributed by atoms with van der Waals surface area (Å²) in [5.74, 6) is 0. The lowest BCUT2D eigenvalue weighted by atomic mass is 10.7. The second-order valence-corrected chi connectivity index (χ2v) is 4.16. The van der Waals surface area contributed by atoms with Gasteiger partial charge in [0.1, 0.15) is 0 Å². The van der Waals surface area contributed by atoms with Crippen molar-refractivity contribution in [1.29, 1.82) is 0 Å². The van der Waals surface area contributed by atoms with Crippen molar-refractivity contribution < 1.29 is 51.3 Å². The minimum absolute atomic E-state index is 1.93. The van der Waals surface area contributed by atoms with Crippen LogP contribution in [0.2, 0.25) is 0 Å². The highest BCUT2D eigenvalue weighted by atomic mass is 31.2. The lowest BCUT2D eigenvalue weighted by Gasteiger charge is -2.07. The Morgan fingerprint density at radius 3 is 1.33 bits per heavy atom. The fourth-order valence-electron chi connectivity index (χ4n) is 0.157. The molecule has 0 saturated carbocycles. The molecule has 0 aromatic carbocycles. The molecule has 13 heteroatoms. The Morgan fingerprint density at radius 2 is 1.27 bits per heavy atom. The third-order valence-electron chi connectivity index (χ3n) is 0.396. The Kier molecular flexibility index (Phi) is 6.87. The smallest absolute Gasteiger partial charge is 0.303 e. The molecule has 0 bridgehead atoms. The highest BCUT2D eigenvalue weighted by Crippen LogP contribution is 2.37. The molecule has 0 spiro atoms. The van der Waals surface area contributed by atoms with E-state index in [2.05, 4.69) is 4.52 Å². The van der Waals surface area contributed by atoms with Crippen LogP contribution in [0.15, 0.2) is 0 Å². The van der Waals surface area contributed by atoms with Gasteiger partial charge in [0.2, 0.25) is 0 Å². The van der Waals surface area contributed by atoms with Gasteiger partial charge in [-0.25, -0.2) is 9.13 Å². The van der Waals surface area contributed by atoms with Crippen LogP contribution >= 0.6 is 15.6 Å². The van der Waals surface area contributed by atoms with Gasteiger partial charge in [-0.3, -0.25) is 4.52 Å². The molecule has 0 aromatic rings. The summed E-state index contributed by atoms with van der Waals surface area (Å²) in [6.45, 7) is -1.93. The summed E-state index contributed by atoms with van der Waals surface area (Å²) in [6.07, 6.45) is -4.71. The first-order chi connectivity index (χ1) is 6.21. The summed E-state index contributed by atoms with van der Waals surface area (Å²) in [5, 5.41) is 0. The van der Waals surface area contributed by atoms with E-state index in [0.29, 0.717) is 0 Å². The highest BCUT2D eigenvalue weighted by molar-refractivity contribution is 7.46. The first kappa shape index (κ1) is 17.4. The summed E-state index contributed by atoms with van der Waals surface area (Å²) in [5.41, 5.74) is 0. The van der Waals surface area contributed by atoms with Crippen LogP contribution in [0.25, 0.3) is 0 Å². The minimum atomic E-state index is -4.98. The van der Waals surface area contributed by atoms with E-state index >= 15 is 0 Å². The summed E-state index contributed by atoms with van der Waals surface area (Å²) >= 11 is 0. The zero-order valence-corrected chi connectivity index (χ0v) is 8.49. The number of rotatable bonds is 2. The van der Waals surface area contributed by atoms with E-state index in [1.54, 1.807) is 0 Å². The van der Waals surface area contributed by atoms with Crippen LogP contribution in [0.3, 0.4) is 0 Å². The van der Waals surface area contributed by atoms with E-state index in [-0.39, 0.29) is 0 Å². The maximum Gasteiger partial charge on any atom is 0.469 e. The molecule has 0 rings (SSSR count). The van der Waals surface area contributed by atoms with E-state index in [1.165, 1.54) is 0 Å². The molecule has 0 aliphatic heterocycles. The second-order valence-electron chi connectivity index (χ2n) is 1.89. The molecule has 0 fully saturated rings. The molecule has 5 N–H and O–H groups in total. The van der Waals surface area contributed by atoms with Crippen LogP contribution in [0, 0.1) is 0 Å². The standard InChI is InChI=1S/C2H4F3O4P.H3O4P/c3-2(4,5)1-9-10(6,7)8;1-5(2,3)4/h1H2,(H2,6,7,8);(H3,1,2,3,4). The molecule has 0 heterocycles. The zero-order valence-electron chi connectivity index (χ0n) is 6.70. The quantitative estimate of drug-likeness (QED) is 0.434. The Labute approximate surface area is 80.8 Å². The Morgan fingerprint density at radius 1 is 1.00 bits per heavy atom. The van der Waals surface area contributed by atoms with Crippen molar-refractivity contribution in [2.45, 2.75) is 6.18 Å². The fourth-order valence-corrected chi connectivity index (χ4v) is 0.472. The molecule has 8 nitrogen and oxygen atoms in total. The molecule has 0 radical (unpaired) electrons. The Bertz CT molecular complexity index is 253. The number of alkyl halides is 3. The number of phosphoric acid groups is 2. The Hall–Kier alpha value is 0.01000. The molecule has 0 unspecified atom stereocenters. The van der Waals surface area contributed by atoms with Gasteiger partial charge in [-0.2, -0.15) is 13.2 Å². The third-order valence-corrected chi connectivity index (χ3v) is 0.862. The zero-order chi connectivity index (χ0) is 12.9. The normalized spacial score (nSPS) is 13.1. The molecule has 0 atom stereocenters. The summed E-state index contributed by atoms with van der Waals surface area (Å²) < 4.78 is 55.0. The maximum atomic E-state index is 11.1. The molecule has 0 aliphatic rings. The van der Waals surface area contributed by atoms with Gasteiger partial charge in [0.05, 0.1) is 0 Å². The molecule has 0 amide bonds. The molecule has 0 aromatic heterocycles. The fraction of sp³-hybridized carbons (Fsp3) is 1.00. The lowest BCUT2D eigenvalue weighted by Crippen LogP contribution is -2.15. The van der Waals surface area contributed by atoms with E-state index in [1.807, 2.05) is 0 Å². The first-order valence-electron chi connectivity index (χ1n) is 2.76. The van der Waals surface area contributed by atoms with Crippen molar-refractivity contribution in [3.05, 3.63) is 0 Å². The van der Waals surface area contributed by atoms with Crippen molar-refractivity contribution >= 4 is 15.6 Å². The third kappa shape index (κ3) is 41.1. The number of hydrogen-bond donors (Lipinski definition) is 5. The minimum Gasteiger partial charge on any atom is -0.303 e. The predicted molar refractivity (Wildman–Crippen MR) is 38.3 cm³/mol. The van der Waals surface area contributed by atoms with Crippen LogP contribution in [-0.2, 0) is 13.7 Å². The largest absolute Gasteiger partial charge is 0.469 e. The predicted octanol–water partition coefficient (Wildman–Crippen LogP) is -0.271. The average molecular weight is 278 g/mol. The van der Waals surface area contributed by atoms with E-state index in [9.17, 15) is 17.7 Å². The van der Waals surface area contributed by atoms with Crippen LogP contribution in [-0.4, -0.2) is 37.3 Å². The van der Waals surface area contributed by atoms with E-state index < -0.39 is 28.4 Å². The van der Waals surface area contributed by atoms with Gasteiger partial charge in [0, 0.05) is 0 Å². The molecule has 94 valence electrons. The highest BCUT2D eigenvalue weighted by Gasteiger charge is 2.31. The molecule has 15 heavy (non-hydrogen) atoms. The van der Waals surface area contributed by atoms with Gasteiger partial charge >= 0.3 is 21.8 Å². The monoisotopic (exact) mass is 278 g/mol. The van der Waals surface area contributed by atoms with Gasteiger partial charge in [-0.1, -0.05) is 0 Å². The average Bonchev–Trinajstić information content (AvgIpc) is 1.76. The maximum absolute atomic E-state index is 11.1. The molecular formula is C2H7F3O8P2. The van der Waals surface area contributed by atoms with Gasteiger partial charge in [-0.05, 0) is 0 Å². The van der Waals surface area contributed by atoms with Crippen molar-refractivity contribution in [3.8, 4) is 0 Å². The number of phosphoric ester groups is 1. The molecule has 0 aliphatic carbocycles.